The SMILES string of the molecule is CS(=O)(=O)N1CCCC(NC(=O)c2cccc(C(=O)O)n2)C1. The van der Waals surface area contributed by atoms with E-state index in [1.807, 2.05) is 0 Å². The molecule has 9 heteroatoms. The zero-order valence-corrected chi connectivity index (χ0v) is 12.8. The Morgan fingerprint density at radius 2 is 2.05 bits per heavy atom. The van der Waals surface area contributed by atoms with Crippen molar-refractivity contribution in [1.29, 1.82) is 0 Å². The second-order valence-electron chi connectivity index (χ2n) is 5.15. The van der Waals surface area contributed by atoms with Crippen molar-refractivity contribution in [3.8, 4) is 0 Å². The van der Waals surface area contributed by atoms with Crippen molar-refractivity contribution in [2.75, 3.05) is 19.3 Å². The maximum absolute atomic E-state index is 12.1. The van der Waals surface area contributed by atoms with Gasteiger partial charge in [0.15, 0.2) is 0 Å². The predicted octanol–water partition coefficient (Wildman–Crippen LogP) is -0.0664. The molecular weight excluding hydrogens is 310 g/mol. The van der Waals surface area contributed by atoms with Gasteiger partial charge in [0.25, 0.3) is 5.91 Å². The Kier molecular flexibility index (Phi) is 4.77. The highest BCUT2D eigenvalue weighted by molar-refractivity contribution is 7.88. The molecule has 0 aromatic carbocycles. The van der Waals surface area contributed by atoms with Crippen molar-refractivity contribution in [3.05, 3.63) is 29.6 Å². The van der Waals surface area contributed by atoms with E-state index in [-0.39, 0.29) is 24.0 Å². The monoisotopic (exact) mass is 327 g/mol. The Labute approximate surface area is 128 Å². The molecule has 1 aromatic heterocycles. The third kappa shape index (κ3) is 4.01. The summed E-state index contributed by atoms with van der Waals surface area (Å²) in [4.78, 5) is 26.7. The fourth-order valence-electron chi connectivity index (χ4n) is 2.30. The van der Waals surface area contributed by atoms with E-state index in [9.17, 15) is 18.0 Å². The Morgan fingerprint density at radius 3 is 2.68 bits per heavy atom. The van der Waals surface area contributed by atoms with Crippen molar-refractivity contribution in [1.82, 2.24) is 14.6 Å². The molecule has 0 spiro atoms. The van der Waals surface area contributed by atoms with E-state index in [1.165, 1.54) is 22.5 Å². The van der Waals surface area contributed by atoms with Gasteiger partial charge in [-0.2, -0.15) is 0 Å². The summed E-state index contributed by atoms with van der Waals surface area (Å²) >= 11 is 0. The number of hydrogen-bond donors (Lipinski definition) is 2. The van der Waals surface area contributed by atoms with Crippen LogP contribution in [0, 0.1) is 0 Å². The second-order valence-corrected chi connectivity index (χ2v) is 7.13. The number of sulfonamides is 1. The summed E-state index contributed by atoms with van der Waals surface area (Å²) in [7, 11) is -3.29. The van der Waals surface area contributed by atoms with E-state index in [0.717, 1.165) is 6.26 Å². The predicted molar refractivity (Wildman–Crippen MR) is 78.1 cm³/mol. The van der Waals surface area contributed by atoms with Crippen LogP contribution in [0.1, 0.15) is 33.8 Å². The van der Waals surface area contributed by atoms with Crippen LogP contribution in [-0.2, 0) is 10.0 Å². The molecule has 22 heavy (non-hydrogen) atoms. The number of aromatic nitrogens is 1. The molecule has 1 fully saturated rings. The van der Waals surface area contributed by atoms with Gasteiger partial charge in [-0.05, 0) is 25.0 Å². The molecule has 0 radical (unpaired) electrons. The van der Waals surface area contributed by atoms with E-state index >= 15 is 0 Å². The highest BCUT2D eigenvalue weighted by atomic mass is 32.2. The van der Waals surface area contributed by atoms with Crippen LogP contribution in [0.25, 0.3) is 0 Å². The van der Waals surface area contributed by atoms with Gasteiger partial charge in [-0.1, -0.05) is 6.07 Å². The Hall–Kier alpha value is -2.00. The molecule has 0 saturated carbocycles. The average molecular weight is 327 g/mol. The summed E-state index contributed by atoms with van der Waals surface area (Å²) in [6.07, 6.45) is 2.45. The minimum absolute atomic E-state index is 0.00335. The maximum Gasteiger partial charge on any atom is 0.354 e. The minimum atomic E-state index is -3.29. The lowest BCUT2D eigenvalue weighted by atomic mass is 10.1. The summed E-state index contributed by atoms with van der Waals surface area (Å²) in [5, 5.41) is 11.6. The number of nitrogens with one attached hydrogen (secondary N) is 1. The lowest BCUT2D eigenvalue weighted by Crippen LogP contribution is -2.49. The van der Waals surface area contributed by atoms with Crippen molar-refractivity contribution in [2.24, 2.45) is 0 Å². The summed E-state index contributed by atoms with van der Waals surface area (Å²) in [6, 6.07) is 3.84. The van der Waals surface area contributed by atoms with Crippen molar-refractivity contribution in [2.45, 2.75) is 18.9 Å². The fraction of sp³-hybridized carbons (Fsp3) is 0.462. The minimum Gasteiger partial charge on any atom is -0.477 e. The molecule has 1 saturated heterocycles. The molecule has 1 aliphatic rings. The van der Waals surface area contributed by atoms with Crippen molar-refractivity contribution in [3.63, 3.8) is 0 Å². The first-order valence-corrected chi connectivity index (χ1v) is 8.58. The van der Waals surface area contributed by atoms with Crippen LogP contribution >= 0.6 is 0 Å². The van der Waals surface area contributed by atoms with Crippen LogP contribution in [0.3, 0.4) is 0 Å². The van der Waals surface area contributed by atoms with Crippen molar-refractivity contribution >= 4 is 21.9 Å². The van der Waals surface area contributed by atoms with E-state index in [0.29, 0.717) is 19.4 Å². The molecule has 0 bridgehead atoms. The molecule has 8 nitrogen and oxygen atoms in total. The number of carbonyl (C=O) groups is 2. The molecule has 1 amide bonds. The van der Waals surface area contributed by atoms with Crippen LogP contribution in [0.2, 0.25) is 0 Å². The van der Waals surface area contributed by atoms with E-state index in [2.05, 4.69) is 10.3 Å². The lowest BCUT2D eigenvalue weighted by molar-refractivity contribution is 0.0690. The van der Waals surface area contributed by atoms with E-state index < -0.39 is 21.9 Å². The summed E-state index contributed by atoms with van der Waals surface area (Å²) in [5.74, 6) is -1.72. The summed E-state index contributed by atoms with van der Waals surface area (Å²) in [5.41, 5.74) is -0.217. The van der Waals surface area contributed by atoms with Crippen LogP contribution in [-0.4, -0.2) is 60.1 Å². The lowest BCUT2D eigenvalue weighted by Gasteiger charge is -2.31. The molecule has 2 rings (SSSR count). The largest absolute Gasteiger partial charge is 0.477 e. The van der Waals surface area contributed by atoms with E-state index in [1.54, 1.807) is 0 Å². The number of piperidine rings is 1. The van der Waals surface area contributed by atoms with Gasteiger partial charge in [0.05, 0.1) is 6.26 Å². The van der Waals surface area contributed by atoms with Gasteiger partial charge in [0.1, 0.15) is 11.4 Å². The second kappa shape index (κ2) is 6.41. The van der Waals surface area contributed by atoms with Crippen LogP contribution in [0.5, 0.6) is 0 Å². The molecule has 1 aliphatic heterocycles. The molecule has 2 heterocycles. The fourth-order valence-corrected chi connectivity index (χ4v) is 3.21. The number of carboxylic acids is 1. The Balaban J connectivity index is 2.05. The molecular formula is C13H17N3O5S. The van der Waals surface area contributed by atoms with Crippen molar-refractivity contribution < 1.29 is 23.1 Å². The highest BCUT2D eigenvalue weighted by Crippen LogP contribution is 2.13. The molecule has 1 atom stereocenters. The topological polar surface area (TPSA) is 117 Å². The van der Waals surface area contributed by atoms with E-state index in [4.69, 9.17) is 5.11 Å². The van der Waals surface area contributed by atoms with Gasteiger partial charge in [-0.15, -0.1) is 0 Å². The zero-order chi connectivity index (χ0) is 16.3. The molecule has 1 aromatic rings. The molecule has 0 aliphatic carbocycles. The molecule has 1 unspecified atom stereocenters. The number of amides is 1. The first kappa shape index (κ1) is 16.4. The maximum atomic E-state index is 12.1. The van der Waals surface area contributed by atoms with Crippen LogP contribution < -0.4 is 5.32 Å². The van der Waals surface area contributed by atoms with Crippen LogP contribution in [0.4, 0.5) is 0 Å². The average Bonchev–Trinajstić information content (AvgIpc) is 2.46. The molecule has 2 N–H and O–H groups in total. The first-order valence-electron chi connectivity index (χ1n) is 6.73. The number of nitrogens with zero attached hydrogens (tertiary/aromatic N) is 2. The number of hydrogen-bond acceptors (Lipinski definition) is 5. The number of carbonyl (C=O) groups excluding carboxylic acids is 1. The number of pyridine rings is 1. The van der Waals surface area contributed by atoms with Crippen LogP contribution in [0.15, 0.2) is 18.2 Å². The standard InChI is InChI=1S/C13H17N3O5S/c1-22(20,21)16-7-3-4-9(8-16)14-12(17)10-5-2-6-11(15-10)13(18)19/h2,5-6,9H,3-4,7-8H2,1H3,(H,14,17)(H,18,19). The normalized spacial score (nSPS) is 19.6. The van der Waals surface area contributed by atoms with Gasteiger partial charge in [0.2, 0.25) is 10.0 Å². The number of aromatic carboxylic acids is 1. The van der Waals surface area contributed by atoms with Gasteiger partial charge in [-0.25, -0.2) is 22.5 Å². The Morgan fingerprint density at radius 1 is 1.36 bits per heavy atom. The summed E-state index contributed by atoms with van der Waals surface area (Å²) < 4.78 is 24.4. The quantitative estimate of drug-likeness (QED) is 0.800. The van der Waals surface area contributed by atoms with Gasteiger partial charge in [-0.3, -0.25) is 4.79 Å². The van der Waals surface area contributed by atoms with Gasteiger partial charge in [0, 0.05) is 19.1 Å². The third-order valence-electron chi connectivity index (χ3n) is 3.39. The van der Waals surface area contributed by atoms with Gasteiger partial charge < -0.3 is 10.4 Å². The highest BCUT2D eigenvalue weighted by Gasteiger charge is 2.27. The zero-order valence-electron chi connectivity index (χ0n) is 12.0. The Bertz CT molecular complexity index is 689. The number of rotatable bonds is 4. The summed E-state index contributed by atoms with van der Waals surface area (Å²) in [6.45, 7) is 0.654. The first-order chi connectivity index (χ1) is 10.3. The number of carboxylic acid groups (broad SMARTS) is 1. The molecule has 120 valence electrons. The third-order valence-corrected chi connectivity index (χ3v) is 4.66. The smallest absolute Gasteiger partial charge is 0.354 e. The van der Waals surface area contributed by atoms with Gasteiger partial charge >= 0.3 is 5.97 Å².